The van der Waals surface area contributed by atoms with E-state index >= 15 is 0 Å². The number of nitrogens with one attached hydrogen (secondary N) is 1. The van der Waals surface area contributed by atoms with Gasteiger partial charge in [0, 0.05) is 13.1 Å². The van der Waals surface area contributed by atoms with Crippen LogP contribution in [0.3, 0.4) is 0 Å². The molecule has 1 fully saturated rings. The van der Waals surface area contributed by atoms with Gasteiger partial charge in [0.1, 0.15) is 11.5 Å². The van der Waals surface area contributed by atoms with E-state index in [0.717, 1.165) is 0 Å². The lowest BCUT2D eigenvalue weighted by Crippen LogP contribution is -2.40. The molecule has 2 aromatic carbocycles. The van der Waals surface area contributed by atoms with E-state index in [1.165, 1.54) is 25.3 Å². The Hall–Kier alpha value is -2.78. The highest BCUT2D eigenvalue weighted by atomic mass is 32.2. The van der Waals surface area contributed by atoms with Crippen molar-refractivity contribution in [1.82, 2.24) is 4.90 Å². The number of anilines is 1. The highest BCUT2D eigenvalue weighted by molar-refractivity contribution is 7.92. The minimum atomic E-state index is -3.95. The van der Waals surface area contributed by atoms with Crippen LogP contribution < -0.4 is 14.2 Å². The molecule has 0 aromatic heterocycles. The Morgan fingerprint density at radius 3 is 2.55 bits per heavy atom. The summed E-state index contributed by atoms with van der Waals surface area (Å²) in [6.07, 6.45) is 0. The molecule has 0 atom stereocenters. The number of morpholine rings is 1. The molecule has 0 aliphatic carbocycles. The van der Waals surface area contributed by atoms with E-state index < -0.39 is 10.0 Å². The van der Waals surface area contributed by atoms with E-state index in [0.29, 0.717) is 50.1 Å². The standard InChI is InChI=1S/C20H24N2O6S/c1-3-28-19-7-5-4-6-17(19)21-29(24,25)15-8-9-18(26-2)16(14-15)20(23)22-10-12-27-13-11-22/h4-9,14,21H,3,10-13H2,1-2H3. The van der Waals surface area contributed by atoms with E-state index in [-0.39, 0.29) is 16.4 Å². The van der Waals surface area contributed by atoms with Gasteiger partial charge in [-0.15, -0.1) is 0 Å². The van der Waals surface area contributed by atoms with Crippen LogP contribution in [0.25, 0.3) is 0 Å². The van der Waals surface area contributed by atoms with Crippen LogP contribution in [0.15, 0.2) is 47.4 Å². The molecule has 1 saturated heterocycles. The number of hydrogen-bond donors (Lipinski definition) is 1. The predicted molar refractivity (Wildman–Crippen MR) is 108 cm³/mol. The van der Waals surface area contributed by atoms with Crippen LogP contribution in [-0.2, 0) is 14.8 Å². The summed E-state index contributed by atoms with van der Waals surface area (Å²) in [5.74, 6) is 0.448. The number of amides is 1. The summed E-state index contributed by atoms with van der Waals surface area (Å²) in [6, 6.07) is 11.0. The second-order valence-corrected chi connectivity index (χ2v) is 7.98. The number of rotatable bonds is 7. The second-order valence-electron chi connectivity index (χ2n) is 6.30. The minimum absolute atomic E-state index is 0.0405. The van der Waals surface area contributed by atoms with E-state index in [9.17, 15) is 13.2 Å². The van der Waals surface area contributed by atoms with Crippen LogP contribution in [0.4, 0.5) is 5.69 Å². The van der Waals surface area contributed by atoms with Crippen LogP contribution in [0.5, 0.6) is 11.5 Å². The van der Waals surface area contributed by atoms with Crippen molar-refractivity contribution in [2.45, 2.75) is 11.8 Å². The molecule has 0 saturated carbocycles. The Morgan fingerprint density at radius 2 is 1.86 bits per heavy atom. The van der Waals surface area contributed by atoms with Crippen LogP contribution in [-0.4, -0.2) is 59.2 Å². The zero-order valence-corrected chi connectivity index (χ0v) is 17.2. The Bertz CT molecular complexity index is 971. The lowest BCUT2D eigenvalue weighted by molar-refractivity contribution is 0.0300. The highest BCUT2D eigenvalue weighted by Gasteiger charge is 2.25. The number of ether oxygens (including phenoxy) is 3. The number of nitrogens with zero attached hydrogens (tertiary/aromatic N) is 1. The third-order valence-electron chi connectivity index (χ3n) is 4.44. The summed E-state index contributed by atoms with van der Waals surface area (Å²) >= 11 is 0. The van der Waals surface area contributed by atoms with Crippen molar-refractivity contribution in [2.75, 3.05) is 44.7 Å². The van der Waals surface area contributed by atoms with Gasteiger partial charge >= 0.3 is 0 Å². The zero-order valence-electron chi connectivity index (χ0n) is 16.4. The number of para-hydroxylation sites is 2. The van der Waals surface area contributed by atoms with Crippen LogP contribution in [0.2, 0.25) is 0 Å². The molecule has 1 heterocycles. The molecular formula is C20H24N2O6S. The van der Waals surface area contributed by atoms with Crippen molar-refractivity contribution >= 4 is 21.6 Å². The molecule has 1 aliphatic heterocycles. The van der Waals surface area contributed by atoms with Gasteiger partial charge in [0.2, 0.25) is 0 Å². The van der Waals surface area contributed by atoms with Crippen LogP contribution in [0, 0.1) is 0 Å². The first-order valence-corrected chi connectivity index (χ1v) is 10.7. The van der Waals surface area contributed by atoms with Gasteiger partial charge in [-0.05, 0) is 37.3 Å². The molecule has 1 amide bonds. The Kier molecular flexibility index (Phi) is 6.60. The van der Waals surface area contributed by atoms with Crippen molar-refractivity contribution in [3.8, 4) is 11.5 Å². The Balaban J connectivity index is 1.93. The van der Waals surface area contributed by atoms with Gasteiger partial charge in [0.25, 0.3) is 15.9 Å². The van der Waals surface area contributed by atoms with Crippen molar-refractivity contribution in [2.24, 2.45) is 0 Å². The summed E-state index contributed by atoms with van der Waals surface area (Å²) in [6.45, 7) is 4.00. The second kappa shape index (κ2) is 9.15. The smallest absolute Gasteiger partial charge is 0.262 e. The maximum atomic E-state index is 13.0. The van der Waals surface area contributed by atoms with Crippen LogP contribution in [0.1, 0.15) is 17.3 Å². The number of carbonyl (C=O) groups excluding carboxylic acids is 1. The third-order valence-corrected chi connectivity index (χ3v) is 5.80. The monoisotopic (exact) mass is 420 g/mol. The largest absolute Gasteiger partial charge is 0.496 e. The van der Waals surface area contributed by atoms with Gasteiger partial charge in [0.15, 0.2) is 0 Å². The molecular weight excluding hydrogens is 396 g/mol. The predicted octanol–water partition coefficient (Wildman–Crippen LogP) is 2.37. The fourth-order valence-electron chi connectivity index (χ4n) is 2.99. The van der Waals surface area contributed by atoms with E-state index in [1.54, 1.807) is 29.2 Å². The zero-order chi connectivity index (χ0) is 20.9. The fraction of sp³-hybridized carbons (Fsp3) is 0.350. The topological polar surface area (TPSA) is 94.2 Å². The van der Waals surface area contributed by atoms with E-state index in [2.05, 4.69) is 4.72 Å². The van der Waals surface area contributed by atoms with E-state index in [4.69, 9.17) is 14.2 Å². The number of hydrogen-bond acceptors (Lipinski definition) is 6. The molecule has 0 spiro atoms. The summed E-state index contributed by atoms with van der Waals surface area (Å²) in [4.78, 5) is 14.5. The SMILES string of the molecule is CCOc1ccccc1NS(=O)(=O)c1ccc(OC)c(C(=O)N2CCOCC2)c1. The van der Waals surface area contributed by atoms with Gasteiger partial charge < -0.3 is 19.1 Å². The number of benzene rings is 2. The molecule has 29 heavy (non-hydrogen) atoms. The molecule has 0 bridgehead atoms. The lowest BCUT2D eigenvalue weighted by atomic mass is 10.1. The average Bonchev–Trinajstić information content (AvgIpc) is 2.74. The molecule has 1 N–H and O–H groups in total. The van der Waals surface area contributed by atoms with Crippen molar-refractivity contribution in [1.29, 1.82) is 0 Å². The first-order chi connectivity index (χ1) is 14.0. The molecule has 1 aliphatic rings. The Labute approximate surface area is 170 Å². The Morgan fingerprint density at radius 1 is 1.14 bits per heavy atom. The lowest BCUT2D eigenvalue weighted by Gasteiger charge is -2.27. The van der Waals surface area contributed by atoms with Gasteiger partial charge in [-0.1, -0.05) is 12.1 Å². The quantitative estimate of drug-likeness (QED) is 0.739. The highest BCUT2D eigenvalue weighted by Crippen LogP contribution is 2.29. The van der Waals surface area contributed by atoms with Crippen molar-refractivity contribution < 1.29 is 27.4 Å². The average molecular weight is 420 g/mol. The maximum absolute atomic E-state index is 13.0. The minimum Gasteiger partial charge on any atom is -0.496 e. The number of carbonyl (C=O) groups is 1. The summed E-state index contributed by atoms with van der Waals surface area (Å²) in [5.41, 5.74) is 0.515. The van der Waals surface area contributed by atoms with Crippen LogP contribution >= 0.6 is 0 Å². The number of methoxy groups -OCH3 is 1. The molecule has 0 unspecified atom stereocenters. The van der Waals surface area contributed by atoms with Gasteiger partial charge in [-0.2, -0.15) is 0 Å². The van der Waals surface area contributed by atoms with E-state index in [1.807, 2.05) is 6.92 Å². The summed E-state index contributed by atoms with van der Waals surface area (Å²) in [7, 11) is -2.51. The van der Waals surface area contributed by atoms with Crippen molar-refractivity contribution in [3.05, 3.63) is 48.0 Å². The summed E-state index contributed by atoms with van der Waals surface area (Å²) in [5, 5.41) is 0. The molecule has 2 aromatic rings. The molecule has 8 nitrogen and oxygen atoms in total. The maximum Gasteiger partial charge on any atom is 0.262 e. The molecule has 3 rings (SSSR count). The van der Waals surface area contributed by atoms with Gasteiger partial charge in [-0.25, -0.2) is 8.42 Å². The molecule has 9 heteroatoms. The van der Waals surface area contributed by atoms with Gasteiger partial charge in [0.05, 0.1) is 43.1 Å². The summed E-state index contributed by atoms with van der Waals surface area (Å²) < 4.78 is 44.5. The number of sulfonamides is 1. The molecule has 156 valence electrons. The van der Waals surface area contributed by atoms with Gasteiger partial charge in [-0.3, -0.25) is 9.52 Å². The normalized spacial score (nSPS) is 14.3. The van der Waals surface area contributed by atoms with Crippen molar-refractivity contribution in [3.63, 3.8) is 0 Å². The third kappa shape index (κ3) is 4.80. The molecule has 0 radical (unpaired) electrons. The first kappa shape index (κ1) is 20.9. The first-order valence-electron chi connectivity index (χ1n) is 9.26. The fourth-order valence-corrected chi connectivity index (χ4v) is 4.09.